The fourth-order valence-electron chi connectivity index (χ4n) is 5.03. The Morgan fingerprint density at radius 2 is 1.93 bits per heavy atom. The van der Waals surface area contributed by atoms with Gasteiger partial charge >= 0.3 is 0 Å². The normalized spacial score (nSPS) is 20.7. The van der Waals surface area contributed by atoms with E-state index in [4.69, 9.17) is 9.47 Å². The predicted molar refractivity (Wildman–Crippen MR) is 120 cm³/mol. The predicted octanol–water partition coefficient (Wildman–Crippen LogP) is 4.66. The third kappa shape index (κ3) is 3.66. The highest BCUT2D eigenvalue weighted by atomic mass is 16.5. The van der Waals surface area contributed by atoms with Crippen molar-refractivity contribution in [3.05, 3.63) is 52.8 Å². The molecule has 0 spiro atoms. The second-order valence-corrected chi connectivity index (χ2v) is 8.55. The summed E-state index contributed by atoms with van der Waals surface area (Å²) in [5.41, 5.74) is 9.00. The number of hydrogen-bond acceptors (Lipinski definition) is 4. The molecule has 2 N–H and O–H groups in total. The van der Waals surface area contributed by atoms with E-state index in [0.29, 0.717) is 5.92 Å². The minimum absolute atomic E-state index is 0.243. The third-order valence-corrected chi connectivity index (χ3v) is 6.68. The van der Waals surface area contributed by atoms with E-state index in [-0.39, 0.29) is 6.04 Å². The molecule has 3 aromatic rings. The maximum atomic E-state index is 5.86. The number of morpholine rings is 1. The summed E-state index contributed by atoms with van der Waals surface area (Å²) >= 11 is 0. The van der Waals surface area contributed by atoms with Gasteiger partial charge in [0.1, 0.15) is 5.65 Å². The maximum Gasteiger partial charge on any atom is 0.137 e. The molecule has 5 rings (SSSR count). The van der Waals surface area contributed by atoms with Crippen molar-refractivity contribution in [1.29, 1.82) is 0 Å². The van der Waals surface area contributed by atoms with Crippen molar-refractivity contribution in [3.63, 3.8) is 0 Å². The lowest BCUT2D eigenvalue weighted by atomic mass is 9.80. The molecule has 0 saturated carbocycles. The molecule has 158 valence electrons. The smallest absolute Gasteiger partial charge is 0.137 e. The van der Waals surface area contributed by atoms with Crippen molar-refractivity contribution in [2.24, 2.45) is 0 Å². The van der Waals surface area contributed by atoms with Crippen LogP contribution in [0.25, 0.3) is 22.2 Å². The first-order chi connectivity index (χ1) is 14.7. The van der Waals surface area contributed by atoms with Gasteiger partial charge < -0.3 is 19.8 Å². The number of aryl methyl sites for hydroxylation is 2. The van der Waals surface area contributed by atoms with E-state index in [0.717, 1.165) is 57.9 Å². The van der Waals surface area contributed by atoms with Gasteiger partial charge in [-0.05, 0) is 72.1 Å². The molecule has 5 heteroatoms. The molecule has 0 radical (unpaired) electrons. The molecule has 5 nitrogen and oxygen atoms in total. The van der Waals surface area contributed by atoms with Crippen LogP contribution in [0.3, 0.4) is 0 Å². The van der Waals surface area contributed by atoms with Crippen LogP contribution in [-0.4, -0.2) is 42.9 Å². The number of H-pyrrole nitrogens is 1. The van der Waals surface area contributed by atoms with Gasteiger partial charge in [-0.15, -0.1) is 0 Å². The Balaban J connectivity index is 1.65. The first-order valence-electron chi connectivity index (χ1n) is 11.2. The molecule has 2 aliphatic rings. The molecule has 2 fully saturated rings. The van der Waals surface area contributed by atoms with Gasteiger partial charge in [0.05, 0.1) is 19.3 Å². The lowest BCUT2D eigenvalue weighted by molar-refractivity contribution is 0.0739. The molecule has 1 aromatic carbocycles. The SMILES string of the molecule is CCc1cc(-c2cnc3[nH]cc(C)c3c2)cc(C2COCCN2)c1C1CCOCC1. The number of rotatable bonds is 4. The lowest BCUT2D eigenvalue weighted by Gasteiger charge is -2.32. The molecule has 30 heavy (non-hydrogen) atoms. The number of pyridine rings is 1. The van der Waals surface area contributed by atoms with Gasteiger partial charge in [-0.1, -0.05) is 13.0 Å². The second-order valence-electron chi connectivity index (χ2n) is 8.55. The van der Waals surface area contributed by atoms with Crippen LogP contribution in [0.5, 0.6) is 0 Å². The van der Waals surface area contributed by atoms with Gasteiger partial charge in [0, 0.05) is 43.1 Å². The van der Waals surface area contributed by atoms with Crippen LogP contribution < -0.4 is 5.32 Å². The molecule has 2 aliphatic heterocycles. The molecule has 1 unspecified atom stereocenters. The van der Waals surface area contributed by atoms with Gasteiger partial charge in [0.15, 0.2) is 0 Å². The van der Waals surface area contributed by atoms with Crippen LogP contribution in [0.1, 0.15) is 54.0 Å². The molecular weight excluding hydrogens is 374 g/mol. The number of hydrogen-bond donors (Lipinski definition) is 2. The van der Waals surface area contributed by atoms with Crippen molar-refractivity contribution in [2.45, 2.75) is 45.1 Å². The highest BCUT2D eigenvalue weighted by molar-refractivity contribution is 5.84. The first-order valence-corrected chi connectivity index (χ1v) is 11.2. The van der Waals surface area contributed by atoms with E-state index in [1.807, 2.05) is 12.4 Å². The zero-order chi connectivity index (χ0) is 20.5. The van der Waals surface area contributed by atoms with Crippen LogP contribution in [0, 0.1) is 6.92 Å². The molecule has 2 aromatic heterocycles. The van der Waals surface area contributed by atoms with Gasteiger partial charge in [-0.2, -0.15) is 0 Å². The Kier molecular flexibility index (Phi) is 5.59. The summed E-state index contributed by atoms with van der Waals surface area (Å²) in [6, 6.07) is 7.29. The van der Waals surface area contributed by atoms with Crippen LogP contribution in [0.2, 0.25) is 0 Å². The van der Waals surface area contributed by atoms with Crippen LogP contribution in [0.4, 0.5) is 0 Å². The quantitative estimate of drug-likeness (QED) is 0.663. The summed E-state index contributed by atoms with van der Waals surface area (Å²) in [5.74, 6) is 0.564. The Morgan fingerprint density at radius 1 is 1.07 bits per heavy atom. The topological polar surface area (TPSA) is 59.2 Å². The van der Waals surface area contributed by atoms with E-state index in [9.17, 15) is 0 Å². The van der Waals surface area contributed by atoms with E-state index in [1.54, 1.807) is 0 Å². The molecular formula is C25H31N3O2. The van der Waals surface area contributed by atoms with E-state index in [1.165, 1.54) is 38.8 Å². The van der Waals surface area contributed by atoms with Crippen molar-refractivity contribution in [1.82, 2.24) is 15.3 Å². The van der Waals surface area contributed by atoms with E-state index in [2.05, 4.69) is 47.3 Å². The number of benzene rings is 1. The third-order valence-electron chi connectivity index (χ3n) is 6.68. The van der Waals surface area contributed by atoms with Crippen molar-refractivity contribution in [2.75, 3.05) is 33.0 Å². The van der Waals surface area contributed by atoms with Crippen molar-refractivity contribution in [3.8, 4) is 11.1 Å². The minimum Gasteiger partial charge on any atom is -0.381 e. The van der Waals surface area contributed by atoms with Gasteiger partial charge in [-0.25, -0.2) is 4.98 Å². The lowest BCUT2D eigenvalue weighted by Crippen LogP contribution is -2.35. The van der Waals surface area contributed by atoms with Gasteiger partial charge in [-0.3, -0.25) is 0 Å². The Labute approximate surface area is 178 Å². The summed E-state index contributed by atoms with van der Waals surface area (Å²) in [6.07, 6.45) is 7.25. The molecule has 4 heterocycles. The zero-order valence-corrected chi connectivity index (χ0v) is 18.0. The highest BCUT2D eigenvalue weighted by Crippen LogP contribution is 2.39. The fourth-order valence-corrected chi connectivity index (χ4v) is 5.03. The number of nitrogens with zero attached hydrogens (tertiary/aromatic N) is 1. The average molecular weight is 406 g/mol. The summed E-state index contributed by atoms with van der Waals surface area (Å²) in [5, 5.41) is 4.90. The molecule has 0 bridgehead atoms. The number of aromatic amines is 1. The average Bonchev–Trinajstić information content (AvgIpc) is 3.19. The summed E-state index contributed by atoms with van der Waals surface area (Å²) < 4.78 is 11.5. The first kappa shape index (κ1) is 19.7. The maximum absolute atomic E-state index is 5.86. The molecule has 2 saturated heterocycles. The minimum atomic E-state index is 0.243. The van der Waals surface area contributed by atoms with Gasteiger partial charge in [0.25, 0.3) is 0 Å². The standard InChI is InChI=1S/C25H31N3O2/c1-3-17-10-19(20-12-21-16(2)13-27-25(21)28-14-20)11-22(23-15-30-9-6-26-23)24(17)18-4-7-29-8-5-18/h10-14,18,23,26H,3-9,15H2,1-2H3,(H,27,28). The van der Waals surface area contributed by atoms with Gasteiger partial charge in [0.2, 0.25) is 0 Å². The van der Waals surface area contributed by atoms with E-state index < -0.39 is 0 Å². The Morgan fingerprint density at radius 3 is 2.70 bits per heavy atom. The molecule has 0 amide bonds. The Hall–Kier alpha value is -2.21. The summed E-state index contributed by atoms with van der Waals surface area (Å²) in [6.45, 7) is 8.54. The number of nitrogens with one attached hydrogen (secondary N) is 2. The van der Waals surface area contributed by atoms with Crippen LogP contribution in [-0.2, 0) is 15.9 Å². The van der Waals surface area contributed by atoms with Crippen LogP contribution >= 0.6 is 0 Å². The zero-order valence-electron chi connectivity index (χ0n) is 18.0. The number of ether oxygens (including phenoxy) is 2. The number of fused-ring (bicyclic) bond motifs is 1. The monoisotopic (exact) mass is 405 g/mol. The highest BCUT2D eigenvalue weighted by Gasteiger charge is 2.27. The van der Waals surface area contributed by atoms with E-state index >= 15 is 0 Å². The Bertz CT molecular complexity index is 1030. The van der Waals surface area contributed by atoms with Crippen LogP contribution in [0.15, 0.2) is 30.6 Å². The fraction of sp³-hybridized carbons (Fsp3) is 0.480. The molecule has 0 aliphatic carbocycles. The number of aromatic nitrogens is 2. The molecule has 1 atom stereocenters. The summed E-state index contributed by atoms with van der Waals surface area (Å²) in [4.78, 5) is 7.93. The van der Waals surface area contributed by atoms with Crippen molar-refractivity contribution < 1.29 is 9.47 Å². The summed E-state index contributed by atoms with van der Waals surface area (Å²) in [7, 11) is 0. The largest absolute Gasteiger partial charge is 0.381 e. The second kappa shape index (κ2) is 8.50. The van der Waals surface area contributed by atoms with Crippen molar-refractivity contribution >= 4 is 11.0 Å².